The monoisotopic (exact) mass is 283 g/mol. The van der Waals surface area contributed by atoms with E-state index < -0.39 is 12.8 Å². The molecule has 0 aromatic rings. The van der Waals surface area contributed by atoms with Crippen LogP contribution in [-0.2, 0) is 4.74 Å². The first-order chi connectivity index (χ1) is 8.99. The molecule has 0 aliphatic rings. The van der Waals surface area contributed by atoms with Gasteiger partial charge in [-0.15, -0.1) is 0 Å². The number of aliphatic imine (C=N–C) groups is 1. The number of nitrogens with one attached hydrogen (secondary N) is 2. The van der Waals surface area contributed by atoms with Crippen LogP contribution in [0.1, 0.15) is 33.1 Å². The summed E-state index contributed by atoms with van der Waals surface area (Å²) < 4.78 is 39.9. The van der Waals surface area contributed by atoms with Crippen LogP contribution < -0.4 is 10.6 Å². The van der Waals surface area contributed by atoms with Gasteiger partial charge in [-0.1, -0.05) is 13.3 Å². The number of halogens is 3. The van der Waals surface area contributed by atoms with Crippen molar-refractivity contribution in [3.8, 4) is 0 Å². The summed E-state index contributed by atoms with van der Waals surface area (Å²) in [6.07, 6.45) is -1.63. The van der Waals surface area contributed by atoms with E-state index in [1.165, 1.54) is 0 Å². The zero-order chi connectivity index (χ0) is 14.6. The average Bonchev–Trinajstić information content (AvgIpc) is 2.32. The standard InChI is InChI=1S/C12H24F3N3O/c1-3-5-7-17-11(16-4-2)18-8-6-9-19-10-12(13,14)15/h3-10H2,1-2H3,(H2,16,17,18). The molecule has 0 radical (unpaired) electrons. The van der Waals surface area contributed by atoms with Gasteiger partial charge in [0.1, 0.15) is 6.61 Å². The van der Waals surface area contributed by atoms with Crippen LogP contribution in [0.15, 0.2) is 4.99 Å². The summed E-state index contributed by atoms with van der Waals surface area (Å²) in [6.45, 7) is 4.98. The van der Waals surface area contributed by atoms with Gasteiger partial charge in [-0.25, -0.2) is 0 Å². The second kappa shape index (κ2) is 10.9. The van der Waals surface area contributed by atoms with Crippen molar-refractivity contribution < 1.29 is 17.9 Å². The molecule has 0 bridgehead atoms. The number of guanidine groups is 1. The third kappa shape index (κ3) is 13.3. The normalized spacial score (nSPS) is 12.6. The molecule has 0 fully saturated rings. The van der Waals surface area contributed by atoms with E-state index in [1.54, 1.807) is 0 Å². The number of ether oxygens (including phenoxy) is 1. The van der Waals surface area contributed by atoms with E-state index >= 15 is 0 Å². The molecule has 0 aromatic heterocycles. The molecule has 114 valence electrons. The number of unbranched alkanes of at least 4 members (excludes halogenated alkanes) is 1. The van der Waals surface area contributed by atoms with E-state index in [9.17, 15) is 13.2 Å². The number of alkyl halides is 3. The van der Waals surface area contributed by atoms with E-state index in [1.807, 2.05) is 6.92 Å². The molecule has 0 aliphatic heterocycles. The summed E-state index contributed by atoms with van der Waals surface area (Å²) in [7, 11) is 0. The molecular weight excluding hydrogens is 259 g/mol. The van der Waals surface area contributed by atoms with Crippen molar-refractivity contribution in [3.63, 3.8) is 0 Å². The molecule has 0 saturated heterocycles. The van der Waals surface area contributed by atoms with Crippen LogP contribution in [0.3, 0.4) is 0 Å². The van der Waals surface area contributed by atoms with E-state index in [0.717, 1.165) is 25.9 Å². The third-order valence-electron chi connectivity index (χ3n) is 2.15. The van der Waals surface area contributed by atoms with Crippen LogP contribution in [0, 0.1) is 0 Å². The Morgan fingerprint density at radius 1 is 1.16 bits per heavy atom. The number of hydrogen-bond acceptors (Lipinski definition) is 2. The highest BCUT2D eigenvalue weighted by molar-refractivity contribution is 5.79. The second-order valence-electron chi connectivity index (χ2n) is 4.06. The van der Waals surface area contributed by atoms with Crippen LogP contribution in [0.25, 0.3) is 0 Å². The molecular formula is C12H24F3N3O. The van der Waals surface area contributed by atoms with Gasteiger partial charge in [-0.2, -0.15) is 13.2 Å². The Morgan fingerprint density at radius 3 is 2.47 bits per heavy atom. The largest absolute Gasteiger partial charge is 0.411 e. The van der Waals surface area contributed by atoms with Gasteiger partial charge in [0, 0.05) is 26.2 Å². The number of nitrogens with zero attached hydrogens (tertiary/aromatic N) is 1. The van der Waals surface area contributed by atoms with E-state index in [4.69, 9.17) is 0 Å². The zero-order valence-corrected chi connectivity index (χ0v) is 11.6. The lowest BCUT2D eigenvalue weighted by molar-refractivity contribution is -0.173. The van der Waals surface area contributed by atoms with Gasteiger partial charge in [0.05, 0.1) is 0 Å². The highest BCUT2D eigenvalue weighted by Crippen LogP contribution is 2.14. The van der Waals surface area contributed by atoms with Crippen LogP contribution >= 0.6 is 0 Å². The highest BCUT2D eigenvalue weighted by Gasteiger charge is 2.27. The maximum absolute atomic E-state index is 11.8. The van der Waals surface area contributed by atoms with Crippen LogP contribution in [0.2, 0.25) is 0 Å². The first-order valence-corrected chi connectivity index (χ1v) is 6.66. The molecule has 0 atom stereocenters. The average molecular weight is 283 g/mol. The summed E-state index contributed by atoms with van der Waals surface area (Å²) in [6, 6.07) is 0. The number of hydrogen-bond donors (Lipinski definition) is 2. The quantitative estimate of drug-likeness (QED) is 0.388. The Bertz CT molecular complexity index is 245. The van der Waals surface area contributed by atoms with Gasteiger partial charge >= 0.3 is 6.18 Å². The summed E-state index contributed by atoms with van der Waals surface area (Å²) in [5.74, 6) is 0.701. The molecule has 7 heteroatoms. The Hall–Kier alpha value is -0.980. The molecule has 2 N–H and O–H groups in total. The van der Waals surface area contributed by atoms with Gasteiger partial charge in [0.25, 0.3) is 0 Å². The van der Waals surface area contributed by atoms with Crippen molar-refractivity contribution in [1.29, 1.82) is 0 Å². The molecule has 0 aliphatic carbocycles. The zero-order valence-electron chi connectivity index (χ0n) is 11.6. The highest BCUT2D eigenvalue weighted by atomic mass is 19.4. The molecule has 0 saturated carbocycles. The molecule has 4 nitrogen and oxygen atoms in total. The second-order valence-corrected chi connectivity index (χ2v) is 4.06. The van der Waals surface area contributed by atoms with E-state index in [2.05, 4.69) is 27.3 Å². The molecule has 0 aromatic carbocycles. The van der Waals surface area contributed by atoms with Gasteiger partial charge in [-0.05, 0) is 19.8 Å². The van der Waals surface area contributed by atoms with E-state index in [-0.39, 0.29) is 6.61 Å². The Kier molecular flexibility index (Phi) is 10.3. The van der Waals surface area contributed by atoms with E-state index in [0.29, 0.717) is 18.9 Å². The van der Waals surface area contributed by atoms with Gasteiger partial charge < -0.3 is 15.4 Å². The lowest BCUT2D eigenvalue weighted by Crippen LogP contribution is -2.37. The fraction of sp³-hybridized carbons (Fsp3) is 0.917. The molecule has 0 rings (SSSR count). The van der Waals surface area contributed by atoms with Crippen molar-refractivity contribution in [2.24, 2.45) is 4.99 Å². The minimum atomic E-state index is -4.25. The van der Waals surface area contributed by atoms with Crippen molar-refractivity contribution in [3.05, 3.63) is 0 Å². The van der Waals surface area contributed by atoms with Crippen molar-refractivity contribution >= 4 is 5.96 Å². The maximum Gasteiger partial charge on any atom is 0.411 e. The van der Waals surface area contributed by atoms with Gasteiger partial charge in [0.15, 0.2) is 5.96 Å². The minimum Gasteiger partial charge on any atom is -0.372 e. The predicted molar refractivity (Wildman–Crippen MR) is 70.4 cm³/mol. The SMILES string of the molecule is CCCCNC(=NCCCOCC(F)(F)F)NCC. The molecule has 0 unspecified atom stereocenters. The van der Waals surface area contributed by atoms with Crippen LogP contribution in [0.5, 0.6) is 0 Å². The van der Waals surface area contributed by atoms with Crippen LogP contribution in [-0.4, -0.2) is 45.0 Å². The van der Waals surface area contributed by atoms with Gasteiger partial charge in [0.2, 0.25) is 0 Å². The first kappa shape index (κ1) is 18.0. The van der Waals surface area contributed by atoms with Gasteiger partial charge in [-0.3, -0.25) is 4.99 Å². The molecule has 0 heterocycles. The Labute approximate surface area is 112 Å². The lowest BCUT2D eigenvalue weighted by Gasteiger charge is -2.11. The Morgan fingerprint density at radius 2 is 1.89 bits per heavy atom. The maximum atomic E-state index is 11.8. The summed E-state index contributed by atoms with van der Waals surface area (Å²) >= 11 is 0. The predicted octanol–water partition coefficient (Wildman–Crippen LogP) is 2.31. The molecule has 19 heavy (non-hydrogen) atoms. The summed E-state index contributed by atoms with van der Waals surface area (Å²) in [4.78, 5) is 4.25. The third-order valence-corrected chi connectivity index (χ3v) is 2.15. The van der Waals surface area contributed by atoms with Crippen molar-refractivity contribution in [2.45, 2.75) is 39.3 Å². The minimum absolute atomic E-state index is 0.0668. The molecule has 0 amide bonds. The van der Waals surface area contributed by atoms with Crippen molar-refractivity contribution in [2.75, 3.05) is 32.8 Å². The topological polar surface area (TPSA) is 45.7 Å². The summed E-state index contributed by atoms with van der Waals surface area (Å²) in [5.41, 5.74) is 0. The fourth-order valence-corrected chi connectivity index (χ4v) is 1.27. The van der Waals surface area contributed by atoms with Crippen molar-refractivity contribution in [1.82, 2.24) is 10.6 Å². The Balaban J connectivity index is 3.72. The fourth-order valence-electron chi connectivity index (χ4n) is 1.27. The smallest absolute Gasteiger partial charge is 0.372 e. The lowest BCUT2D eigenvalue weighted by atomic mass is 10.3. The first-order valence-electron chi connectivity index (χ1n) is 6.66. The van der Waals surface area contributed by atoms with Crippen LogP contribution in [0.4, 0.5) is 13.2 Å². The molecule has 0 spiro atoms. The summed E-state index contributed by atoms with van der Waals surface area (Å²) in [5, 5.41) is 6.23. The number of rotatable bonds is 9.